The van der Waals surface area contributed by atoms with Gasteiger partial charge in [0, 0.05) is 38.4 Å². The largest absolute Gasteiger partial charge is 0.368 e. The van der Waals surface area contributed by atoms with Crippen LogP contribution < -0.4 is 4.90 Å². The summed E-state index contributed by atoms with van der Waals surface area (Å²) in [4.78, 5) is 32.1. The van der Waals surface area contributed by atoms with Crippen LogP contribution in [0.4, 0.5) is 5.69 Å². The third-order valence-corrected chi connectivity index (χ3v) is 5.97. The average Bonchev–Trinajstić information content (AvgIpc) is 3.01. The molecule has 0 bridgehead atoms. The van der Waals surface area contributed by atoms with E-state index in [0.29, 0.717) is 24.4 Å². The van der Waals surface area contributed by atoms with Gasteiger partial charge in [0.1, 0.15) is 5.70 Å². The molecular weight excluding hydrogens is 374 g/mol. The van der Waals surface area contributed by atoms with Crippen LogP contribution in [0.1, 0.15) is 16.7 Å². The second-order valence-corrected chi connectivity index (χ2v) is 7.84. The molecule has 2 heterocycles. The molecule has 1 saturated heterocycles. The molecule has 2 aromatic rings. The van der Waals surface area contributed by atoms with Crippen molar-refractivity contribution in [1.82, 2.24) is 9.80 Å². The molecule has 0 radical (unpaired) electrons. The van der Waals surface area contributed by atoms with E-state index in [4.69, 9.17) is 0 Å². The molecule has 0 unspecified atom stereocenters. The Labute approximate surface area is 177 Å². The van der Waals surface area contributed by atoms with Gasteiger partial charge in [0.15, 0.2) is 0 Å². The van der Waals surface area contributed by atoms with Crippen LogP contribution in [0.5, 0.6) is 0 Å². The SMILES string of the molecule is C=CCN1C(=O)C(c2ccc(C)c(C)c2)=C(N2CCN(c3ccccc3)CC2)C1=O. The van der Waals surface area contributed by atoms with Gasteiger partial charge in [0.25, 0.3) is 11.8 Å². The number of hydrogen-bond donors (Lipinski definition) is 0. The highest BCUT2D eigenvalue weighted by atomic mass is 16.2. The highest BCUT2D eigenvalue weighted by molar-refractivity contribution is 6.35. The number of aryl methyl sites for hydroxylation is 2. The van der Waals surface area contributed by atoms with E-state index in [1.165, 1.54) is 10.6 Å². The van der Waals surface area contributed by atoms with Crippen molar-refractivity contribution in [2.45, 2.75) is 13.8 Å². The lowest BCUT2D eigenvalue weighted by Crippen LogP contribution is -2.47. The minimum absolute atomic E-state index is 0.221. The Morgan fingerprint density at radius 2 is 1.53 bits per heavy atom. The highest BCUT2D eigenvalue weighted by Crippen LogP contribution is 2.33. The molecule has 2 aliphatic rings. The summed E-state index contributed by atoms with van der Waals surface area (Å²) in [6.07, 6.45) is 1.60. The second kappa shape index (κ2) is 8.19. The first-order valence-corrected chi connectivity index (χ1v) is 10.3. The first-order chi connectivity index (χ1) is 14.5. The Hall–Kier alpha value is -3.34. The molecule has 4 rings (SSSR count). The van der Waals surface area contributed by atoms with Gasteiger partial charge in [-0.05, 0) is 42.7 Å². The molecule has 0 N–H and O–H groups in total. The number of carbonyl (C=O) groups is 2. The zero-order valence-corrected chi connectivity index (χ0v) is 17.6. The molecule has 154 valence electrons. The Balaban J connectivity index is 1.67. The van der Waals surface area contributed by atoms with Crippen molar-refractivity contribution in [3.05, 3.63) is 83.6 Å². The Morgan fingerprint density at radius 1 is 0.867 bits per heavy atom. The molecule has 2 amide bonds. The van der Waals surface area contributed by atoms with Crippen LogP contribution in [0, 0.1) is 13.8 Å². The van der Waals surface area contributed by atoms with E-state index in [1.54, 1.807) is 6.08 Å². The molecule has 1 fully saturated rings. The van der Waals surface area contributed by atoms with Crippen LogP contribution >= 0.6 is 0 Å². The van der Waals surface area contributed by atoms with Crippen molar-refractivity contribution in [2.75, 3.05) is 37.6 Å². The quantitative estimate of drug-likeness (QED) is 0.569. The van der Waals surface area contributed by atoms with Gasteiger partial charge in [0.05, 0.1) is 5.57 Å². The predicted octanol–water partition coefficient (Wildman–Crippen LogP) is 3.39. The minimum Gasteiger partial charge on any atom is -0.368 e. The van der Waals surface area contributed by atoms with E-state index in [-0.39, 0.29) is 18.4 Å². The summed E-state index contributed by atoms with van der Waals surface area (Å²) >= 11 is 0. The zero-order valence-electron chi connectivity index (χ0n) is 17.6. The molecule has 2 aliphatic heterocycles. The molecular formula is C25H27N3O2. The number of rotatable bonds is 5. The van der Waals surface area contributed by atoms with Crippen LogP contribution in [-0.2, 0) is 9.59 Å². The normalized spacial score (nSPS) is 17.2. The molecule has 5 nitrogen and oxygen atoms in total. The van der Waals surface area contributed by atoms with Crippen molar-refractivity contribution >= 4 is 23.1 Å². The van der Waals surface area contributed by atoms with Crippen molar-refractivity contribution in [3.8, 4) is 0 Å². The molecule has 0 spiro atoms. The monoisotopic (exact) mass is 401 g/mol. The lowest BCUT2D eigenvalue weighted by atomic mass is 9.99. The Morgan fingerprint density at radius 3 is 2.17 bits per heavy atom. The number of imide groups is 1. The zero-order chi connectivity index (χ0) is 21.3. The molecule has 5 heteroatoms. The van der Waals surface area contributed by atoms with Gasteiger partial charge in [-0.2, -0.15) is 0 Å². The first kappa shape index (κ1) is 20.0. The van der Waals surface area contributed by atoms with E-state index in [0.717, 1.165) is 29.8 Å². The Bertz CT molecular complexity index is 1020. The lowest BCUT2D eigenvalue weighted by molar-refractivity contribution is -0.136. The summed E-state index contributed by atoms with van der Waals surface area (Å²) in [5.74, 6) is -0.454. The molecule has 0 aliphatic carbocycles. The second-order valence-electron chi connectivity index (χ2n) is 7.84. The maximum atomic E-state index is 13.2. The van der Waals surface area contributed by atoms with E-state index in [2.05, 4.69) is 28.5 Å². The van der Waals surface area contributed by atoms with Crippen molar-refractivity contribution < 1.29 is 9.59 Å². The standard InChI is InChI=1S/C25H27N3O2/c1-4-12-28-24(29)22(20-11-10-18(2)19(3)17-20)23(25(28)30)27-15-13-26(14-16-27)21-8-6-5-7-9-21/h4-11,17H,1,12-16H2,2-3H3. The van der Waals surface area contributed by atoms with Gasteiger partial charge in [-0.1, -0.05) is 42.5 Å². The fourth-order valence-corrected chi connectivity index (χ4v) is 4.14. The van der Waals surface area contributed by atoms with Crippen LogP contribution in [0.25, 0.3) is 5.57 Å². The van der Waals surface area contributed by atoms with E-state index >= 15 is 0 Å². The summed E-state index contributed by atoms with van der Waals surface area (Å²) in [5.41, 5.74) is 5.30. The smallest absolute Gasteiger partial charge is 0.278 e. The number of anilines is 1. The maximum absolute atomic E-state index is 13.2. The lowest BCUT2D eigenvalue weighted by Gasteiger charge is -2.37. The van der Waals surface area contributed by atoms with Gasteiger partial charge < -0.3 is 9.80 Å². The average molecular weight is 402 g/mol. The molecule has 30 heavy (non-hydrogen) atoms. The number of amides is 2. The number of carbonyl (C=O) groups excluding carboxylic acids is 2. The third-order valence-electron chi connectivity index (χ3n) is 5.97. The number of hydrogen-bond acceptors (Lipinski definition) is 4. The summed E-state index contributed by atoms with van der Waals surface area (Å²) in [6, 6.07) is 16.3. The van der Waals surface area contributed by atoms with Crippen molar-refractivity contribution in [1.29, 1.82) is 0 Å². The summed E-state index contributed by atoms with van der Waals surface area (Å²) < 4.78 is 0. The molecule has 0 aromatic heterocycles. The number of nitrogens with zero attached hydrogens (tertiary/aromatic N) is 3. The van der Waals surface area contributed by atoms with Crippen LogP contribution in [0.15, 0.2) is 66.9 Å². The minimum atomic E-state index is -0.233. The first-order valence-electron chi connectivity index (χ1n) is 10.3. The van der Waals surface area contributed by atoms with E-state index < -0.39 is 0 Å². The van der Waals surface area contributed by atoms with Gasteiger partial charge in [0.2, 0.25) is 0 Å². The molecule has 0 saturated carbocycles. The van der Waals surface area contributed by atoms with Crippen molar-refractivity contribution in [2.24, 2.45) is 0 Å². The summed E-state index contributed by atoms with van der Waals surface area (Å²) in [7, 11) is 0. The molecule has 0 atom stereocenters. The Kier molecular flexibility index (Phi) is 5.44. The van der Waals surface area contributed by atoms with Gasteiger partial charge in [-0.3, -0.25) is 14.5 Å². The van der Waals surface area contributed by atoms with Crippen molar-refractivity contribution in [3.63, 3.8) is 0 Å². The predicted molar refractivity (Wildman–Crippen MR) is 120 cm³/mol. The van der Waals surface area contributed by atoms with Crippen LogP contribution in [0.2, 0.25) is 0 Å². The molecule has 2 aromatic carbocycles. The number of para-hydroxylation sites is 1. The van der Waals surface area contributed by atoms with E-state index in [1.807, 2.05) is 50.2 Å². The fourth-order valence-electron chi connectivity index (χ4n) is 4.14. The van der Waals surface area contributed by atoms with Gasteiger partial charge >= 0.3 is 0 Å². The third kappa shape index (κ3) is 3.52. The van der Waals surface area contributed by atoms with Gasteiger partial charge in [-0.15, -0.1) is 6.58 Å². The summed E-state index contributed by atoms with van der Waals surface area (Å²) in [6.45, 7) is 11.0. The van der Waals surface area contributed by atoms with Crippen LogP contribution in [-0.4, -0.2) is 54.3 Å². The van der Waals surface area contributed by atoms with Crippen LogP contribution in [0.3, 0.4) is 0 Å². The highest BCUT2D eigenvalue weighted by Gasteiger charge is 2.41. The van der Waals surface area contributed by atoms with Gasteiger partial charge in [-0.25, -0.2) is 0 Å². The fraction of sp³-hybridized carbons (Fsp3) is 0.280. The maximum Gasteiger partial charge on any atom is 0.278 e. The van der Waals surface area contributed by atoms with E-state index in [9.17, 15) is 9.59 Å². The number of benzene rings is 2. The number of piperazine rings is 1. The topological polar surface area (TPSA) is 43.9 Å². The summed E-state index contributed by atoms with van der Waals surface area (Å²) in [5, 5.41) is 0.